The number of carboxylic acid groups (broad SMARTS) is 1. The van der Waals surface area contributed by atoms with E-state index in [4.69, 9.17) is 5.11 Å². The lowest BCUT2D eigenvalue weighted by atomic mass is 10.2. The minimum absolute atomic E-state index is 0.0834. The smallest absolute Gasteiger partial charge is 0.354 e. The van der Waals surface area contributed by atoms with Gasteiger partial charge in [0.05, 0.1) is 11.9 Å². The normalized spacial score (nSPS) is 12.2. The van der Waals surface area contributed by atoms with Crippen LogP contribution in [0.3, 0.4) is 0 Å². The molecule has 0 aliphatic rings. The number of carbonyl (C=O) groups is 1. The molecule has 1 aromatic heterocycles. The van der Waals surface area contributed by atoms with E-state index in [1.807, 2.05) is 18.8 Å². The second-order valence-corrected chi connectivity index (χ2v) is 4.75. The third kappa shape index (κ3) is 3.63. The Hall–Kier alpha value is -1.23. The summed E-state index contributed by atoms with van der Waals surface area (Å²) in [7, 11) is 2.02. The topological polar surface area (TPSA) is 53.4 Å². The molecule has 0 aliphatic heterocycles. The van der Waals surface area contributed by atoms with E-state index in [0.717, 1.165) is 17.9 Å². The summed E-state index contributed by atoms with van der Waals surface area (Å²) in [5.74, 6) is 0.0589. The highest BCUT2D eigenvalue weighted by atomic mass is 32.2. The molecule has 0 aliphatic carbocycles. The summed E-state index contributed by atoms with van der Waals surface area (Å²) in [4.78, 5) is 16.8. The van der Waals surface area contributed by atoms with Crippen molar-refractivity contribution in [2.24, 2.45) is 0 Å². The van der Waals surface area contributed by atoms with Crippen molar-refractivity contribution in [3.63, 3.8) is 0 Å². The highest BCUT2D eigenvalue weighted by Crippen LogP contribution is 2.18. The van der Waals surface area contributed by atoms with E-state index < -0.39 is 5.97 Å². The first kappa shape index (κ1) is 13.8. The van der Waals surface area contributed by atoms with Gasteiger partial charge in [-0.3, -0.25) is 0 Å². The van der Waals surface area contributed by atoms with Crippen molar-refractivity contribution in [1.29, 1.82) is 0 Å². The van der Waals surface area contributed by atoms with Crippen LogP contribution in [0, 0.1) is 0 Å². The number of nitrogens with zero attached hydrogens (tertiary/aromatic N) is 2. The zero-order valence-corrected chi connectivity index (χ0v) is 11.2. The Kier molecular flexibility index (Phi) is 5.28. The molecule has 0 amide bonds. The lowest BCUT2D eigenvalue weighted by molar-refractivity contribution is 0.0690. The number of anilines is 1. The summed E-state index contributed by atoms with van der Waals surface area (Å²) < 4.78 is 0. The number of hydrogen-bond donors (Lipinski definition) is 1. The van der Waals surface area contributed by atoms with Gasteiger partial charge in [0.2, 0.25) is 0 Å². The second-order valence-electron chi connectivity index (χ2n) is 3.84. The predicted octanol–water partition coefficient (Wildman–Crippen LogP) is 2.36. The van der Waals surface area contributed by atoms with Crippen LogP contribution >= 0.6 is 11.8 Å². The molecule has 94 valence electrons. The molecule has 0 radical (unpaired) electrons. The van der Waals surface area contributed by atoms with Gasteiger partial charge in [-0.15, -0.1) is 0 Å². The Morgan fingerprint density at radius 2 is 2.29 bits per heavy atom. The molecule has 0 bridgehead atoms. The fourth-order valence-electron chi connectivity index (χ4n) is 1.63. The van der Waals surface area contributed by atoms with Gasteiger partial charge in [-0.25, -0.2) is 9.78 Å². The number of thioether (sulfide) groups is 1. The molecule has 0 fully saturated rings. The monoisotopic (exact) mass is 254 g/mol. The highest BCUT2D eigenvalue weighted by Gasteiger charge is 2.13. The SMILES string of the molecule is CCC(CSC)N(C)c1ccc(C(=O)O)nc1. The van der Waals surface area contributed by atoms with Crippen LogP contribution in [0.15, 0.2) is 18.3 Å². The quantitative estimate of drug-likeness (QED) is 0.844. The number of pyridine rings is 1. The van der Waals surface area contributed by atoms with E-state index in [1.54, 1.807) is 18.3 Å². The zero-order valence-electron chi connectivity index (χ0n) is 10.4. The number of aromatic nitrogens is 1. The van der Waals surface area contributed by atoms with Crippen LogP contribution in [0.2, 0.25) is 0 Å². The minimum atomic E-state index is -0.990. The van der Waals surface area contributed by atoms with Crippen LogP contribution in [0.25, 0.3) is 0 Å². The largest absolute Gasteiger partial charge is 0.477 e. The molecular weight excluding hydrogens is 236 g/mol. The van der Waals surface area contributed by atoms with Crippen molar-refractivity contribution in [3.05, 3.63) is 24.0 Å². The molecule has 1 rings (SSSR count). The molecule has 0 aromatic carbocycles. The molecule has 1 atom stereocenters. The zero-order chi connectivity index (χ0) is 12.8. The van der Waals surface area contributed by atoms with Crippen LogP contribution in [0.4, 0.5) is 5.69 Å². The number of aromatic carboxylic acids is 1. The van der Waals surface area contributed by atoms with E-state index in [9.17, 15) is 4.79 Å². The maximum Gasteiger partial charge on any atom is 0.354 e. The van der Waals surface area contributed by atoms with Crippen molar-refractivity contribution in [2.75, 3.05) is 24.0 Å². The Balaban J connectivity index is 2.81. The van der Waals surface area contributed by atoms with Crippen molar-refractivity contribution in [1.82, 2.24) is 4.98 Å². The molecule has 1 aromatic rings. The van der Waals surface area contributed by atoms with Crippen LogP contribution in [0.5, 0.6) is 0 Å². The summed E-state index contributed by atoms with van der Waals surface area (Å²) in [6, 6.07) is 3.79. The van der Waals surface area contributed by atoms with Gasteiger partial charge in [-0.2, -0.15) is 11.8 Å². The highest BCUT2D eigenvalue weighted by molar-refractivity contribution is 7.98. The van der Waals surface area contributed by atoms with Crippen molar-refractivity contribution in [2.45, 2.75) is 19.4 Å². The average Bonchev–Trinajstić information content (AvgIpc) is 2.35. The van der Waals surface area contributed by atoms with Crippen molar-refractivity contribution < 1.29 is 9.90 Å². The standard InChI is InChI=1S/C12H18N2O2S/c1-4-9(8-17-3)14(2)10-5-6-11(12(15)16)13-7-10/h5-7,9H,4,8H2,1-3H3,(H,15,16). The Bertz CT molecular complexity index is 367. The third-order valence-electron chi connectivity index (χ3n) is 2.75. The average molecular weight is 254 g/mol. The van der Waals surface area contributed by atoms with E-state index in [2.05, 4.69) is 23.1 Å². The van der Waals surface area contributed by atoms with E-state index in [1.165, 1.54) is 0 Å². The molecule has 0 saturated heterocycles. The molecule has 0 spiro atoms. The molecule has 0 saturated carbocycles. The molecule has 17 heavy (non-hydrogen) atoms. The van der Waals surface area contributed by atoms with E-state index in [0.29, 0.717) is 6.04 Å². The molecular formula is C12H18N2O2S. The summed E-state index contributed by atoms with van der Waals surface area (Å²) in [5, 5.41) is 8.77. The predicted molar refractivity (Wildman–Crippen MR) is 72.1 cm³/mol. The van der Waals surface area contributed by atoms with Gasteiger partial charge in [-0.1, -0.05) is 6.92 Å². The van der Waals surface area contributed by atoms with Gasteiger partial charge in [0.25, 0.3) is 0 Å². The van der Waals surface area contributed by atoms with Crippen LogP contribution in [-0.2, 0) is 0 Å². The first-order chi connectivity index (χ1) is 8.10. The molecule has 1 unspecified atom stereocenters. The van der Waals surface area contributed by atoms with Gasteiger partial charge in [0.15, 0.2) is 0 Å². The molecule has 4 nitrogen and oxygen atoms in total. The van der Waals surface area contributed by atoms with Gasteiger partial charge < -0.3 is 10.0 Å². The Morgan fingerprint density at radius 3 is 2.71 bits per heavy atom. The third-order valence-corrected chi connectivity index (χ3v) is 3.47. The van der Waals surface area contributed by atoms with Crippen molar-refractivity contribution in [3.8, 4) is 0 Å². The van der Waals surface area contributed by atoms with Crippen LogP contribution < -0.4 is 4.90 Å². The fourth-order valence-corrected chi connectivity index (χ4v) is 2.47. The maximum atomic E-state index is 10.7. The van der Waals surface area contributed by atoms with Crippen molar-refractivity contribution >= 4 is 23.4 Å². The lowest BCUT2D eigenvalue weighted by Gasteiger charge is -2.28. The summed E-state index contributed by atoms with van der Waals surface area (Å²) in [6.45, 7) is 2.15. The molecule has 1 heterocycles. The number of rotatable bonds is 6. The van der Waals surface area contributed by atoms with Crippen LogP contribution in [-0.4, -0.2) is 41.2 Å². The lowest BCUT2D eigenvalue weighted by Crippen LogP contribution is -2.33. The van der Waals surface area contributed by atoms with Crippen LogP contribution in [0.1, 0.15) is 23.8 Å². The maximum absolute atomic E-state index is 10.7. The summed E-state index contributed by atoms with van der Waals surface area (Å²) in [5.41, 5.74) is 1.04. The number of hydrogen-bond acceptors (Lipinski definition) is 4. The summed E-state index contributed by atoms with van der Waals surface area (Å²) in [6.07, 6.45) is 4.76. The van der Waals surface area contributed by atoms with E-state index in [-0.39, 0.29) is 5.69 Å². The van der Waals surface area contributed by atoms with Gasteiger partial charge in [0, 0.05) is 18.8 Å². The number of carboxylic acids is 1. The Morgan fingerprint density at radius 1 is 1.59 bits per heavy atom. The molecule has 1 N–H and O–H groups in total. The Labute approximate surface area is 106 Å². The van der Waals surface area contributed by atoms with Gasteiger partial charge in [-0.05, 0) is 24.8 Å². The first-order valence-corrected chi connectivity index (χ1v) is 6.90. The first-order valence-electron chi connectivity index (χ1n) is 5.51. The van der Waals surface area contributed by atoms with Gasteiger partial charge >= 0.3 is 5.97 Å². The second kappa shape index (κ2) is 6.49. The van der Waals surface area contributed by atoms with E-state index >= 15 is 0 Å². The fraction of sp³-hybridized carbons (Fsp3) is 0.500. The summed E-state index contributed by atoms with van der Waals surface area (Å²) >= 11 is 1.81. The van der Waals surface area contributed by atoms with Gasteiger partial charge in [0.1, 0.15) is 5.69 Å². The minimum Gasteiger partial charge on any atom is -0.477 e. The molecule has 5 heteroatoms.